The van der Waals surface area contributed by atoms with Gasteiger partial charge in [-0.2, -0.15) is 0 Å². The fraction of sp³-hybridized carbons (Fsp3) is 0.467. The number of rotatable bonds is 4. The third-order valence-corrected chi connectivity index (χ3v) is 3.42. The van der Waals surface area contributed by atoms with E-state index in [1.807, 2.05) is 12.1 Å². The zero-order valence-corrected chi connectivity index (χ0v) is 12.3. The lowest BCUT2D eigenvalue weighted by atomic mass is 10.2. The summed E-state index contributed by atoms with van der Waals surface area (Å²) in [4.78, 5) is 25.7. The topological polar surface area (TPSA) is 67.9 Å². The second kappa shape index (κ2) is 6.97. The van der Waals surface area contributed by atoms with Gasteiger partial charge in [0.15, 0.2) is 0 Å². The van der Waals surface area contributed by atoms with E-state index < -0.39 is 6.04 Å². The lowest BCUT2D eigenvalue weighted by molar-refractivity contribution is -0.147. The van der Waals surface area contributed by atoms with Gasteiger partial charge in [0.2, 0.25) is 0 Å². The molecule has 1 heterocycles. The Morgan fingerprint density at radius 2 is 2.14 bits per heavy atom. The molecule has 6 nitrogen and oxygen atoms in total. The Balaban J connectivity index is 2.07. The van der Waals surface area contributed by atoms with E-state index in [4.69, 9.17) is 9.47 Å². The van der Waals surface area contributed by atoms with Crippen LogP contribution in [0.25, 0.3) is 0 Å². The number of amides is 2. The average molecular weight is 292 g/mol. The first-order valence-electron chi connectivity index (χ1n) is 7.04. The maximum atomic E-state index is 12.4. The van der Waals surface area contributed by atoms with Crippen molar-refractivity contribution in [3.05, 3.63) is 24.3 Å². The van der Waals surface area contributed by atoms with Crippen molar-refractivity contribution in [2.24, 2.45) is 0 Å². The first kappa shape index (κ1) is 15.2. The first-order chi connectivity index (χ1) is 10.2. The van der Waals surface area contributed by atoms with Crippen molar-refractivity contribution < 1.29 is 19.1 Å². The number of carbonyl (C=O) groups excluding carboxylic acids is 2. The number of nitrogens with zero attached hydrogens (tertiary/aromatic N) is 1. The van der Waals surface area contributed by atoms with E-state index >= 15 is 0 Å². The number of para-hydroxylation sites is 2. The Labute approximate surface area is 124 Å². The second-order valence-electron chi connectivity index (χ2n) is 4.73. The van der Waals surface area contributed by atoms with Crippen molar-refractivity contribution in [1.82, 2.24) is 4.90 Å². The van der Waals surface area contributed by atoms with Gasteiger partial charge in [0, 0.05) is 6.54 Å². The normalized spacial score (nSPS) is 17.4. The van der Waals surface area contributed by atoms with Crippen LogP contribution in [0, 0.1) is 0 Å². The average Bonchev–Trinajstić information content (AvgIpc) is 2.97. The maximum absolute atomic E-state index is 12.4. The van der Waals surface area contributed by atoms with E-state index in [-0.39, 0.29) is 12.0 Å². The molecule has 0 saturated carbocycles. The van der Waals surface area contributed by atoms with Crippen LogP contribution in [0.2, 0.25) is 0 Å². The molecular formula is C15H20N2O4. The molecule has 6 heteroatoms. The molecule has 1 aromatic carbocycles. The number of anilines is 1. The van der Waals surface area contributed by atoms with Gasteiger partial charge in [-0.15, -0.1) is 0 Å². The minimum Gasteiger partial charge on any atom is -0.495 e. The molecule has 2 amide bonds. The molecule has 1 aliphatic rings. The van der Waals surface area contributed by atoms with E-state index in [1.165, 1.54) is 4.90 Å². The SMILES string of the molecule is CCOC(=O)C1CCCN1C(=O)Nc1ccccc1OC. The predicted molar refractivity (Wildman–Crippen MR) is 78.4 cm³/mol. The van der Waals surface area contributed by atoms with Gasteiger partial charge in [0.1, 0.15) is 11.8 Å². The summed E-state index contributed by atoms with van der Waals surface area (Å²) in [5.74, 6) is 0.239. The molecule has 0 aromatic heterocycles. The van der Waals surface area contributed by atoms with Gasteiger partial charge in [-0.1, -0.05) is 12.1 Å². The molecule has 1 aliphatic heterocycles. The number of urea groups is 1. The highest BCUT2D eigenvalue weighted by Crippen LogP contribution is 2.25. The zero-order valence-electron chi connectivity index (χ0n) is 12.3. The first-order valence-corrected chi connectivity index (χ1v) is 7.04. The summed E-state index contributed by atoms with van der Waals surface area (Å²) in [6.45, 7) is 2.62. The Bertz CT molecular complexity index is 518. The number of benzene rings is 1. The van der Waals surface area contributed by atoms with Crippen molar-refractivity contribution in [1.29, 1.82) is 0 Å². The Morgan fingerprint density at radius 3 is 2.86 bits per heavy atom. The van der Waals surface area contributed by atoms with E-state index in [9.17, 15) is 9.59 Å². The molecule has 114 valence electrons. The van der Waals surface area contributed by atoms with Gasteiger partial charge in [0.25, 0.3) is 0 Å². The minimum absolute atomic E-state index is 0.310. The van der Waals surface area contributed by atoms with E-state index in [1.54, 1.807) is 26.2 Å². The summed E-state index contributed by atoms with van der Waals surface area (Å²) >= 11 is 0. The molecule has 1 aromatic rings. The van der Waals surface area contributed by atoms with Gasteiger partial charge in [0.05, 0.1) is 19.4 Å². The van der Waals surface area contributed by atoms with Crippen LogP contribution in [0.1, 0.15) is 19.8 Å². The number of hydrogen-bond acceptors (Lipinski definition) is 4. The van der Waals surface area contributed by atoms with Crippen molar-refractivity contribution in [2.75, 3.05) is 25.6 Å². The molecular weight excluding hydrogens is 272 g/mol. The Morgan fingerprint density at radius 1 is 1.38 bits per heavy atom. The largest absolute Gasteiger partial charge is 0.495 e. The van der Waals surface area contributed by atoms with Crippen molar-refractivity contribution in [2.45, 2.75) is 25.8 Å². The van der Waals surface area contributed by atoms with Crippen LogP contribution >= 0.6 is 0 Å². The highest BCUT2D eigenvalue weighted by molar-refractivity contribution is 5.94. The number of ether oxygens (including phenoxy) is 2. The lowest BCUT2D eigenvalue weighted by Gasteiger charge is -2.23. The van der Waals surface area contributed by atoms with Gasteiger partial charge < -0.3 is 19.7 Å². The molecule has 0 radical (unpaired) electrons. The predicted octanol–water partition coefficient (Wildman–Crippen LogP) is 2.25. The van der Waals surface area contributed by atoms with Crippen LogP contribution in [-0.4, -0.2) is 43.2 Å². The summed E-state index contributed by atoms with van der Waals surface area (Å²) in [5, 5.41) is 2.78. The van der Waals surface area contributed by atoms with E-state index in [0.717, 1.165) is 6.42 Å². The van der Waals surface area contributed by atoms with Crippen LogP contribution in [0.3, 0.4) is 0 Å². The number of hydrogen-bond donors (Lipinski definition) is 1. The molecule has 0 aliphatic carbocycles. The number of esters is 1. The monoisotopic (exact) mass is 292 g/mol. The summed E-state index contributed by atoms with van der Waals surface area (Å²) in [6, 6.07) is 6.35. The standard InChI is InChI=1S/C15H20N2O4/c1-3-21-14(18)12-8-6-10-17(12)15(19)16-11-7-4-5-9-13(11)20-2/h4-5,7,9,12H,3,6,8,10H2,1-2H3,(H,16,19). The highest BCUT2D eigenvalue weighted by Gasteiger charge is 2.35. The number of carbonyl (C=O) groups is 2. The molecule has 21 heavy (non-hydrogen) atoms. The summed E-state index contributed by atoms with van der Waals surface area (Å²) in [6.07, 6.45) is 1.43. The van der Waals surface area contributed by atoms with Crippen LogP contribution in [-0.2, 0) is 9.53 Å². The molecule has 1 fully saturated rings. The quantitative estimate of drug-likeness (QED) is 0.864. The number of methoxy groups -OCH3 is 1. The second-order valence-corrected chi connectivity index (χ2v) is 4.73. The smallest absolute Gasteiger partial charge is 0.328 e. The van der Waals surface area contributed by atoms with Crippen molar-refractivity contribution in [3.63, 3.8) is 0 Å². The fourth-order valence-corrected chi connectivity index (χ4v) is 2.43. The van der Waals surface area contributed by atoms with Crippen LogP contribution < -0.4 is 10.1 Å². The fourth-order valence-electron chi connectivity index (χ4n) is 2.43. The molecule has 2 rings (SSSR count). The Kier molecular flexibility index (Phi) is 5.03. The van der Waals surface area contributed by atoms with Crippen molar-refractivity contribution in [3.8, 4) is 5.75 Å². The van der Waals surface area contributed by atoms with Gasteiger partial charge in [-0.05, 0) is 31.9 Å². The van der Waals surface area contributed by atoms with Crippen LogP contribution in [0.15, 0.2) is 24.3 Å². The van der Waals surface area contributed by atoms with Crippen LogP contribution in [0.4, 0.5) is 10.5 Å². The molecule has 1 N–H and O–H groups in total. The third kappa shape index (κ3) is 3.45. The highest BCUT2D eigenvalue weighted by atomic mass is 16.5. The molecule has 1 saturated heterocycles. The minimum atomic E-state index is -0.500. The van der Waals surface area contributed by atoms with E-state index in [0.29, 0.717) is 31.0 Å². The third-order valence-electron chi connectivity index (χ3n) is 3.42. The molecule has 1 unspecified atom stereocenters. The van der Waals surface area contributed by atoms with Gasteiger partial charge in [-0.3, -0.25) is 0 Å². The Hall–Kier alpha value is -2.24. The maximum Gasteiger partial charge on any atom is 0.328 e. The van der Waals surface area contributed by atoms with Gasteiger partial charge >= 0.3 is 12.0 Å². The zero-order chi connectivity index (χ0) is 15.2. The lowest BCUT2D eigenvalue weighted by Crippen LogP contribution is -2.43. The van der Waals surface area contributed by atoms with Gasteiger partial charge in [-0.25, -0.2) is 9.59 Å². The van der Waals surface area contributed by atoms with E-state index in [2.05, 4.69) is 5.32 Å². The number of likely N-dealkylation sites (tertiary alicyclic amines) is 1. The summed E-state index contributed by atoms with van der Waals surface area (Å²) in [7, 11) is 1.54. The molecule has 0 bridgehead atoms. The van der Waals surface area contributed by atoms with Crippen molar-refractivity contribution >= 4 is 17.7 Å². The summed E-state index contributed by atoms with van der Waals surface area (Å²) in [5.41, 5.74) is 0.583. The molecule has 0 spiro atoms. The van der Waals surface area contributed by atoms with Crippen LogP contribution in [0.5, 0.6) is 5.75 Å². The molecule has 1 atom stereocenters. The number of nitrogens with one attached hydrogen (secondary N) is 1. The summed E-state index contributed by atoms with van der Waals surface area (Å²) < 4.78 is 10.2.